The van der Waals surface area contributed by atoms with Gasteiger partial charge in [-0.2, -0.15) is 0 Å². The molecule has 1 unspecified atom stereocenters. The fourth-order valence-electron chi connectivity index (χ4n) is 1.70. The van der Waals surface area contributed by atoms with Crippen LogP contribution in [0.1, 0.15) is 6.92 Å². The number of hydrogen-bond donors (Lipinski definition) is 2. The molecule has 4 N–H and O–H groups in total. The quantitative estimate of drug-likeness (QED) is 0.660. The number of amides is 2. The van der Waals surface area contributed by atoms with E-state index in [1.807, 2.05) is 0 Å². The lowest BCUT2D eigenvalue weighted by Gasteiger charge is -2.31. The maximum atomic E-state index is 11.9. The van der Waals surface area contributed by atoms with E-state index in [2.05, 4.69) is 0 Å². The second-order valence-corrected chi connectivity index (χ2v) is 3.76. The minimum atomic E-state index is -0.707. The summed E-state index contributed by atoms with van der Waals surface area (Å²) < 4.78 is 5.38. The predicted molar refractivity (Wildman–Crippen MR) is 62.5 cm³/mol. The van der Waals surface area contributed by atoms with Crippen LogP contribution in [0.4, 0.5) is 11.4 Å². The summed E-state index contributed by atoms with van der Waals surface area (Å²) in [7, 11) is 0. The molecule has 17 heavy (non-hydrogen) atoms. The van der Waals surface area contributed by atoms with Crippen molar-refractivity contribution in [2.75, 3.05) is 17.2 Å². The average Bonchev–Trinajstić information content (AvgIpc) is 2.31. The monoisotopic (exact) mass is 235 g/mol. The number of benzene rings is 1. The SMILES string of the molecule is CC1Oc2ccc(N)cc2N(C(=O)CN)C1=O. The van der Waals surface area contributed by atoms with E-state index in [0.29, 0.717) is 17.1 Å². The molecule has 2 amide bonds. The Morgan fingerprint density at radius 2 is 2.24 bits per heavy atom. The van der Waals surface area contributed by atoms with Gasteiger partial charge in [-0.3, -0.25) is 9.59 Å². The van der Waals surface area contributed by atoms with Crippen LogP contribution in [-0.2, 0) is 9.59 Å². The van der Waals surface area contributed by atoms with Gasteiger partial charge in [0.2, 0.25) is 5.91 Å². The summed E-state index contributed by atoms with van der Waals surface area (Å²) in [4.78, 5) is 24.6. The zero-order valence-corrected chi connectivity index (χ0v) is 9.34. The first-order chi connectivity index (χ1) is 8.04. The van der Waals surface area contributed by atoms with Crippen LogP contribution >= 0.6 is 0 Å². The molecule has 6 heteroatoms. The highest BCUT2D eigenvalue weighted by molar-refractivity contribution is 6.18. The summed E-state index contributed by atoms with van der Waals surface area (Å²) in [5.41, 5.74) is 11.7. The van der Waals surface area contributed by atoms with Gasteiger partial charge in [0.05, 0.1) is 12.2 Å². The van der Waals surface area contributed by atoms with Crippen molar-refractivity contribution in [3.63, 3.8) is 0 Å². The highest BCUT2D eigenvalue weighted by atomic mass is 16.5. The van der Waals surface area contributed by atoms with Gasteiger partial charge >= 0.3 is 0 Å². The van der Waals surface area contributed by atoms with Gasteiger partial charge < -0.3 is 16.2 Å². The van der Waals surface area contributed by atoms with Crippen molar-refractivity contribution >= 4 is 23.2 Å². The first-order valence-corrected chi connectivity index (χ1v) is 5.17. The molecule has 0 aliphatic carbocycles. The van der Waals surface area contributed by atoms with Crippen LogP contribution in [0.5, 0.6) is 5.75 Å². The van der Waals surface area contributed by atoms with E-state index < -0.39 is 17.9 Å². The maximum absolute atomic E-state index is 11.9. The van der Waals surface area contributed by atoms with Crippen LogP contribution in [-0.4, -0.2) is 24.5 Å². The van der Waals surface area contributed by atoms with E-state index in [1.54, 1.807) is 19.1 Å². The number of carbonyl (C=O) groups excluding carboxylic acids is 2. The Labute approximate surface area is 98.1 Å². The predicted octanol–water partition coefficient (Wildman–Crippen LogP) is -0.132. The van der Waals surface area contributed by atoms with Crippen molar-refractivity contribution < 1.29 is 14.3 Å². The molecule has 0 saturated heterocycles. The molecule has 1 aromatic rings. The summed E-state index contributed by atoms with van der Waals surface area (Å²) >= 11 is 0. The molecule has 1 heterocycles. The largest absolute Gasteiger partial charge is 0.479 e. The number of nitrogens with zero attached hydrogens (tertiary/aromatic N) is 1. The second-order valence-electron chi connectivity index (χ2n) is 3.76. The first-order valence-electron chi connectivity index (χ1n) is 5.17. The summed E-state index contributed by atoms with van der Waals surface area (Å²) in [6.07, 6.45) is -0.707. The third-order valence-electron chi connectivity index (χ3n) is 2.52. The Kier molecular flexibility index (Phi) is 2.72. The van der Waals surface area contributed by atoms with Gasteiger partial charge in [0.1, 0.15) is 5.75 Å². The van der Waals surface area contributed by atoms with Crippen LogP contribution in [0.25, 0.3) is 0 Å². The van der Waals surface area contributed by atoms with E-state index in [0.717, 1.165) is 4.90 Å². The number of ether oxygens (including phenoxy) is 1. The molecule has 90 valence electrons. The Morgan fingerprint density at radius 1 is 1.53 bits per heavy atom. The van der Waals surface area contributed by atoms with Crippen LogP contribution in [0.15, 0.2) is 18.2 Å². The number of imide groups is 1. The standard InChI is InChI=1S/C11H13N3O3/c1-6-11(16)14(10(15)5-12)8-4-7(13)2-3-9(8)17-6/h2-4,6H,5,12-13H2,1H3. The number of rotatable bonds is 1. The van der Waals surface area contributed by atoms with Crippen molar-refractivity contribution in [1.82, 2.24) is 0 Å². The minimum absolute atomic E-state index is 0.243. The van der Waals surface area contributed by atoms with Crippen molar-refractivity contribution in [2.45, 2.75) is 13.0 Å². The fourth-order valence-corrected chi connectivity index (χ4v) is 1.70. The van der Waals surface area contributed by atoms with Gasteiger partial charge in [0.25, 0.3) is 5.91 Å². The number of fused-ring (bicyclic) bond motifs is 1. The molecular formula is C11H13N3O3. The highest BCUT2D eigenvalue weighted by Gasteiger charge is 2.35. The molecule has 0 aromatic heterocycles. The van der Waals surface area contributed by atoms with E-state index in [9.17, 15) is 9.59 Å². The Bertz CT molecular complexity index is 487. The van der Waals surface area contributed by atoms with Crippen LogP contribution < -0.4 is 21.1 Å². The van der Waals surface area contributed by atoms with Crippen molar-refractivity contribution in [3.8, 4) is 5.75 Å². The molecule has 0 fully saturated rings. The van der Waals surface area contributed by atoms with Crippen LogP contribution in [0.2, 0.25) is 0 Å². The van der Waals surface area contributed by atoms with Crippen molar-refractivity contribution in [2.24, 2.45) is 5.73 Å². The summed E-state index contributed by atoms with van der Waals surface area (Å²) in [6.45, 7) is 1.34. The fraction of sp³-hybridized carbons (Fsp3) is 0.273. The summed E-state index contributed by atoms with van der Waals surface area (Å²) in [5, 5.41) is 0. The van der Waals surface area contributed by atoms with Gasteiger partial charge in [0, 0.05) is 5.69 Å². The lowest BCUT2D eigenvalue weighted by molar-refractivity contribution is -0.130. The minimum Gasteiger partial charge on any atom is -0.479 e. The zero-order chi connectivity index (χ0) is 12.6. The van der Waals surface area contributed by atoms with Gasteiger partial charge in [-0.1, -0.05) is 0 Å². The molecule has 2 rings (SSSR count). The molecule has 0 spiro atoms. The Morgan fingerprint density at radius 3 is 2.88 bits per heavy atom. The number of carbonyl (C=O) groups is 2. The van der Waals surface area contributed by atoms with Crippen LogP contribution in [0, 0.1) is 0 Å². The lowest BCUT2D eigenvalue weighted by Crippen LogP contribution is -2.49. The number of hydrogen-bond acceptors (Lipinski definition) is 5. The van der Waals surface area contributed by atoms with Gasteiger partial charge in [-0.15, -0.1) is 0 Å². The topological polar surface area (TPSA) is 98.7 Å². The van der Waals surface area contributed by atoms with E-state index >= 15 is 0 Å². The summed E-state index contributed by atoms with van der Waals surface area (Å²) in [5.74, 6) is -0.455. The number of anilines is 2. The van der Waals surface area contributed by atoms with Gasteiger partial charge in [-0.05, 0) is 25.1 Å². The highest BCUT2D eigenvalue weighted by Crippen LogP contribution is 2.35. The molecule has 1 atom stereocenters. The van der Waals surface area contributed by atoms with Crippen LogP contribution in [0.3, 0.4) is 0 Å². The number of nitrogen functional groups attached to an aromatic ring is 1. The van der Waals surface area contributed by atoms with Gasteiger partial charge in [-0.25, -0.2) is 4.90 Å². The third-order valence-corrected chi connectivity index (χ3v) is 2.52. The Hall–Kier alpha value is -2.08. The first kappa shape index (κ1) is 11.4. The second kappa shape index (κ2) is 4.06. The third kappa shape index (κ3) is 1.83. The number of nitrogens with two attached hydrogens (primary N) is 2. The maximum Gasteiger partial charge on any atom is 0.274 e. The summed E-state index contributed by atoms with van der Waals surface area (Å²) in [6, 6.07) is 4.80. The molecule has 1 aromatic carbocycles. The molecule has 0 radical (unpaired) electrons. The zero-order valence-electron chi connectivity index (χ0n) is 9.34. The lowest BCUT2D eigenvalue weighted by atomic mass is 10.1. The normalized spacial score (nSPS) is 18.6. The molecule has 1 aliphatic rings. The molecular weight excluding hydrogens is 222 g/mol. The molecule has 6 nitrogen and oxygen atoms in total. The van der Waals surface area contributed by atoms with Crippen molar-refractivity contribution in [3.05, 3.63) is 18.2 Å². The molecule has 0 bridgehead atoms. The van der Waals surface area contributed by atoms with E-state index in [-0.39, 0.29) is 6.54 Å². The van der Waals surface area contributed by atoms with Gasteiger partial charge in [0.15, 0.2) is 6.10 Å². The molecule has 0 saturated carbocycles. The molecule has 1 aliphatic heterocycles. The van der Waals surface area contributed by atoms with E-state index in [1.165, 1.54) is 6.07 Å². The average molecular weight is 235 g/mol. The van der Waals surface area contributed by atoms with E-state index in [4.69, 9.17) is 16.2 Å². The van der Waals surface area contributed by atoms with Crippen molar-refractivity contribution in [1.29, 1.82) is 0 Å². The smallest absolute Gasteiger partial charge is 0.274 e. The Balaban J connectivity index is 2.54.